The Kier molecular flexibility index (Phi) is 2.85. The van der Waals surface area contributed by atoms with Crippen LogP contribution in [0.3, 0.4) is 0 Å². The molecule has 0 spiro atoms. The molecule has 0 aliphatic carbocycles. The van der Waals surface area contributed by atoms with Crippen LogP contribution in [0.25, 0.3) is 11.0 Å². The summed E-state index contributed by atoms with van der Waals surface area (Å²) in [7, 11) is 1.36. The summed E-state index contributed by atoms with van der Waals surface area (Å²) < 4.78 is 4.72. The van der Waals surface area contributed by atoms with Gasteiger partial charge < -0.3 is 14.6 Å². The van der Waals surface area contributed by atoms with Gasteiger partial charge in [-0.2, -0.15) is 0 Å². The zero-order valence-corrected chi connectivity index (χ0v) is 11.0. The number of rotatable bonds is 3. The smallest absolute Gasteiger partial charge is 0.354 e. The average molecular weight is 260 g/mol. The molecule has 1 atom stereocenters. The molecule has 1 fully saturated rings. The standard InChI is InChI=1S/C13H16N4O2/c1-3-8-4-5-17(8)12-9-6-10(13(18)19-2)16-11(9)14-7-15-12/h6-8H,3-5H2,1-2H3,(H,14,15,16). The summed E-state index contributed by atoms with van der Waals surface area (Å²) in [6.45, 7) is 3.18. The van der Waals surface area contributed by atoms with Crippen molar-refractivity contribution < 1.29 is 9.53 Å². The molecule has 0 saturated carbocycles. The summed E-state index contributed by atoms with van der Waals surface area (Å²) in [6, 6.07) is 2.30. The van der Waals surface area contributed by atoms with Crippen molar-refractivity contribution in [3.63, 3.8) is 0 Å². The molecule has 1 N–H and O–H groups in total. The van der Waals surface area contributed by atoms with Gasteiger partial charge in [0.25, 0.3) is 0 Å². The Morgan fingerprint density at radius 1 is 1.58 bits per heavy atom. The third kappa shape index (κ3) is 1.83. The largest absolute Gasteiger partial charge is 0.464 e. The van der Waals surface area contributed by atoms with E-state index in [0.717, 1.165) is 24.2 Å². The van der Waals surface area contributed by atoms with Crippen LogP contribution in [-0.4, -0.2) is 40.6 Å². The van der Waals surface area contributed by atoms with E-state index >= 15 is 0 Å². The number of methoxy groups -OCH3 is 1. The number of hydrogen-bond acceptors (Lipinski definition) is 5. The maximum Gasteiger partial charge on any atom is 0.354 e. The second-order valence-electron chi connectivity index (χ2n) is 4.68. The van der Waals surface area contributed by atoms with Crippen LogP contribution in [0.15, 0.2) is 12.4 Å². The van der Waals surface area contributed by atoms with E-state index in [4.69, 9.17) is 4.74 Å². The van der Waals surface area contributed by atoms with Crippen LogP contribution in [0.1, 0.15) is 30.3 Å². The molecule has 1 aliphatic rings. The van der Waals surface area contributed by atoms with Gasteiger partial charge in [-0.3, -0.25) is 0 Å². The molecule has 19 heavy (non-hydrogen) atoms. The fraction of sp³-hybridized carbons (Fsp3) is 0.462. The highest BCUT2D eigenvalue weighted by Gasteiger charge is 2.29. The molecule has 2 aromatic rings. The van der Waals surface area contributed by atoms with Crippen LogP contribution in [0.2, 0.25) is 0 Å². The molecule has 2 aromatic heterocycles. The van der Waals surface area contributed by atoms with Gasteiger partial charge in [-0.25, -0.2) is 14.8 Å². The maximum absolute atomic E-state index is 11.6. The van der Waals surface area contributed by atoms with Gasteiger partial charge in [0.1, 0.15) is 23.5 Å². The Labute approximate surface area is 110 Å². The number of aromatic amines is 1. The molecule has 6 nitrogen and oxygen atoms in total. The molecular formula is C13H16N4O2. The highest BCUT2D eigenvalue weighted by atomic mass is 16.5. The monoisotopic (exact) mass is 260 g/mol. The molecule has 1 saturated heterocycles. The van der Waals surface area contributed by atoms with E-state index in [0.29, 0.717) is 17.4 Å². The lowest BCUT2D eigenvalue weighted by atomic mass is 10.0. The van der Waals surface area contributed by atoms with E-state index in [1.54, 1.807) is 6.07 Å². The quantitative estimate of drug-likeness (QED) is 0.851. The van der Waals surface area contributed by atoms with E-state index in [1.807, 2.05) is 0 Å². The first-order valence-electron chi connectivity index (χ1n) is 6.43. The lowest BCUT2D eigenvalue weighted by Gasteiger charge is -2.41. The van der Waals surface area contributed by atoms with Gasteiger partial charge >= 0.3 is 5.97 Å². The van der Waals surface area contributed by atoms with E-state index < -0.39 is 0 Å². The molecule has 0 bridgehead atoms. The van der Waals surface area contributed by atoms with Crippen molar-refractivity contribution in [1.82, 2.24) is 15.0 Å². The van der Waals surface area contributed by atoms with Crippen molar-refractivity contribution in [2.75, 3.05) is 18.6 Å². The summed E-state index contributed by atoms with van der Waals surface area (Å²) in [5.41, 5.74) is 1.08. The number of aromatic nitrogens is 3. The third-order valence-electron chi connectivity index (χ3n) is 3.70. The topological polar surface area (TPSA) is 71.1 Å². The average Bonchev–Trinajstić information content (AvgIpc) is 2.82. The molecule has 3 rings (SSSR count). The number of hydrogen-bond donors (Lipinski definition) is 1. The zero-order chi connectivity index (χ0) is 13.4. The van der Waals surface area contributed by atoms with Crippen molar-refractivity contribution in [3.8, 4) is 0 Å². The Morgan fingerprint density at radius 3 is 3.05 bits per heavy atom. The van der Waals surface area contributed by atoms with Crippen LogP contribution in [0.5, 0.6) is 0 Å². The number of carbonyl (C=O) groups is 1. The van der Waals surface area contributed by atoms with Crippen LogP contribution in [0, 0.1) is 0 Å². The molecule has 100 valence electrons. The minimum absolute atomic E-state index is 0.389. The number of nitrogens with zero attached hydrogens (tertiary/aromatic N) is 3. The Morgan fingerprint density at radius 2 is 2.42 bits per heavy atom. The Hall–Kier alpha value is -2.11. The van der Waals surface area contributed by atoms with Crippen LogP contribution >= 0.6 is 0 Å². The molecule has 1 unspecified atom stereocenters. The zero-order valence-electron chi connectivity index (χ0n) is 11.0. The first-order valence-corrected chi connectivity index (χ1v) is 6.43. The second-order valence-corrected chi connectivity index (χ2v) is 4.68. The maximum atomic E-state index is 11.6. The van der Waals surface area contributed by atoms with E-state index in [-0.39, 0.29) is 5.97 Å². The summed E-state index contributed by atoms with van der Waals surface area (Å²) in [5, 5.41) is 0.876. The van der Waals surface area contributed by atoms with Crippen LogP contribution in [0.4, 0.5) is 5.82 Å². The van der Waals surface area contributed by atoms with Gasteiger partial charge in [0.05, 0.1) is 12.5 Å². The number of ether oxygens (including phenoxy) is 1. The van der Waals surface area contributed by atoms with Crippen molar-refractivity contribution in [1.29, 1.82) is 0 Å². The van der Waals surface area contributed by atoms with Gasteiger partial charge in [0.15, 0.2) is 0 Å². The molecule has 0 aromatic carbocycles. The first-order chi connectivity index (χ1) is 9.24. The fourth-order valence-electron chi connectivity index (χ4n) is 2.52. The minimum atomic E-state index is -0.389. The normalized spacial score (nSPS) is 18.4. The highest BCUT2D eigenvalue weighted by Crippen LogP contribution is 2.31. The molecule has 0 amide bonds. The number of carbonyl (C=O) groups excluding carboxylic acids is 1. The molecule has 1 aliphatic heterocycles. The van der Waals surface area contributed by atoms with Crippen LogP contribution in [-0.2, 0) is 4.74 Å². The number of esters is 1. The predicted molar refractivity (Wildman–Crippen MR) is 71.3 cm³/mol. The van der Waals surface area contributed by atoms with Gasteiger partial charge in [-0.1, -0.05) is 6.92 Å². The number of H-pyrrole nitrogens is 1. The lowest BCUT2D eigenvalue weighted by molar-refractivity contribution is 0.0595. The highest BCUT2D eigenvalue weighted by molar-refractivity contribution is 5.97. The van der Waals surface area contributed by atoms with Crippen molar-refractivity contribution >= 4 is 22.8 Å². The Balaban J connectivity index is 2.05. The number of nitrogens with one attached hydrogen (secondary N) is 1. The minimum Gasteiger partial charge on any atom is -0.464 e. The molecule has 0 radical (unpaired) electrons. The number of anilines is 1. The lowest BCUT2D eigenvalue weighted by Crippen LogP contribution is -2.47. The van der Waals surface area contributed by atoms with E-state index in [2.05, 4.69) is 26.8 Å². The molecular weight excluding hydrogens is 244 g/mol. The summed E-state index contributed by atoms with van der Waals surface area (Å²) in [6.07, 6.45) is 3.82. The molecule has 6 heteroatoms. The van der Waals surface area contributed by atoms with E-state index in [1.165, 1.54) is 19.9 Å². The SMILES string of the molecule is CCC1CCN1c1ncnc2[nH]c(C(=O)OC)cc12. The van der Waals surface area contributed by atoms with Crippen LogP contribution < -0.4 is 4.90 Å². The molecule has 3 heterocycles. The summed E-state index contributed by atoms with van der Waals surface area (Å²) in [4.78, 5) is 25.3. The summed E-state index contributed by atoms with van der Waals surface area (Å²) in [5.74, 6) is 0.508. The Bertz CT molecular complexity index is 620. The van der Waals surface area contributed by atoms with Gasteiger partial charge in [0, 0.05) is 12.6 Å². The number of fused-ring (bicyclic) bond motifs is 1. The first kappa shape index (κ1) is 12.0. The van der Waals surface area contributed by atoms with Gasteiger partial charge in [0.2, 0.25) is 0 Å². The van der Waals surface area contributed by atoms with Crippen molar-refractivity contribution in [2.45, 2.75) is 25.8 Å². The third-order valence-corrected chi connectivity index (χ3v) is 3.70. The van der Waals surface area contributed by atoms with Gasteiger partial charge in [-0.15, -0.1) is 0 Å². The summed E-state index contributed by atoms with van der Waals surface area (Å²) >= 11 is 0. The van der Waals surface area contributed by atoms with Crippen molar-refractivity contribution in [3.05, 3.63) is 18.1 Å². The predicted octanol–water partition coefficient (Wildman–Crippen LogP) is 1.73. The fourth-order valence-corrected chi connectivity index (χ4v) is 2.52. The van der Waals surface area contributed by atoms with Gasteiger partial charge in [-0.05, 0) is 18.9 Å². The second kappa shape index (κ2) is 4.53. The van der Waals surface area contributed by atoms with E-state index in [9.17, 15) is 4.79 Å². The van der Waals surface area contributed by atoms with Crippen molar-refractivity contribution in [2.24, 2.45) is 0 Å².